The van der Waals surface area contributed by atoms with Gasteiger partial charge in [0.2, 0.25) is 0 Å². The highest BCUT2D eigenvalue weighted by Crippen LogP contribution is 2.39. The first kappa shape index (κ1) is 17.1. The number of hydrogen-bond donors (Lipinski definition) is 3. The lowest BCUT2D eigenvalue weighted by Gasteiger charge is -2.24. The summed E-state index contributed by atoms with van der Waals surface area (Å²) in [5, 5.41) is 10.8. The number of nitrogens with two attached hydrogens (primary N) is 2. The van der Waals surface area contributed by atoms with Crippen molar-refractivity contribution < 1.29 is 9.90 Å². The van der Waals surface area contributed by atoms with Crippen molar-refractivity contribution in [2.24, 2.45) is 11.7 Å². The van der Waals surface area contributed by atoms with Gasteiger partial charge in [-0.1, -0.05) is 20.8 Å². The minimum absolute atomic E-state index is 0.126. The second-order valence-corrected chi connectivity index (χ2v) is 6.99. The number of carbonyl (C=O) groups excluding carboxylic acids is 1. The predicted molar refractivity (Wildman–Crippen MR) is 100 cm³/mol. The highest BCUT2D eigenvalue weighted by molar-refractivity contribution is 6.11. The van der Waals surface area contributed by atoms with Crippen LogP contribution in [0.2, 0.25) is 0 Å². The fraction of sp³-hybridized carbons (Fsp3) is 0.368. The van der Waals surface area contributed by atoms with E-state index in [1.54, 1.807) is 16.8 Å². The topological polar surface area (TPSA) is 107 Å². The van der Waals surface area contributed by atoms with E-state index in [9.17, 15) is 9.90 Å². The minimum Gasteiger partial charge on any atom is -0.508 e. The molecule has 6 nitrogen and oxygen atoms in total. The van der Waals surface area contributed by atoms with Crippen molar-refractivity contribution in [1.82, 2.24) is 9.55 Å². The Labute approximate surface area is 146 Å². The molecule has 1 aliphatic carbocycles. The molecule has 0 saturated carbocycles. The zero-order chi connectivity index (χ0) is 18.5. The van der Waals surface area contributed by atoms with Crippen LogP contribution < -0.4 is 11.5 Å². The smallest absolute Gasteiger partial charge is 0.253 e. The standard InChI is InChI=1S/C19H24N4O2/c1-9(2)12-7-13-15(18(21)25)17(20)23(19(13)22-8-12)16-10(3)5-6-14(24)11(16)4/h6-10,24H,5,20H2,1-4H3,(H2,21,25)/t10-/m1/s1. The molecular weight excluding hydrogens is 316 g/mol. The Hall–Kier alpha value is -2.76. The SMILES string of the molecule is CC1=C(n2c(N)c(C(N)=O)c3cc(C(C)C)cnc32)[C@H](C)CC=C1O. The average Bonchev–Trinajstić information content (AvgIpc) is 2.83. The number of nitrogens with zero attached hydrogens (tertiary/aromatic N) is 2. The highest BCUT2D eigenvalue weighted by Gasteiger charge is 2.28. The van der Waals surface area contributed by atoms with Gasteiger partial charge in [-0.2, -0.15) is 0 Å². The molecule has 0 unspecified atom stereocenters. The van der Waals surface area contributed by atoms with Crippen molar-refractivity contribution in [3.8, 4) is 0 Å². The Kier molecular flexibility index (Phi) is 4.06. The molecule has 1 amide bonds. The molecule has 0 spiro atoms. The fourth-order valence-electron chi connectivity index (χ4n) is 3.46. The fourth-order valence-corrected chi connectivity index (χ4v) is 3.46. The van der Waals surface area contributed by atoms with Crippen LogP contribution in [0.5, 0.6) is 0 Å². The molecule has 6 heteroatoms. The number of fused-ring (bicyclic) bond motifs is 1. The Balaban J connectivity index is 2.41. The van der Waals surface area contributed by atoms with E-state index in [1.165, 1.54) is 0 Å². The van der Waals surface area contributed by atoms with Crippen LogP contribution in [0.4, 0.5) is 5.82 Å². The summed E-state index contributed by atoms with van der Waals surface area (Å²) in [7, 11) is 0. The van der Waals surface area contributed by atoms with Gasteiger partial charge in [0.05, 0.1) is 5.56 Å². The zero-order valence-corrected chi connectivity index (χ0v) is 15.0. The van der Waals surface area contributed by atoms with E-state index in [4.69, 9.17) is 11.5 Å². The van der Waals surface area contributed by atoms with Gasteiger partial charge < -0.3 is 16.6 Å². The van der Waals surface area contributed by atoms with Crippen LogP contribution in [0.1, 0.15) is 56.0 Å². The lowest BCUT2D eigenvalue weighted by molar-refractivity contribution is 0.100. The number of aliphatic hydroxyl groups excluding tert-OH is 1. The number of amides is 1. The maximum Gasteiger partial charge on any atom is 0.253 e. The van der Waals surface area contributed by atoms with Crippen LogP contribution in [-0.4, -0.2) is 20.6 Å². The molecule has 0 saturated heterocycles. The molecule has 25 heavy (non-hydrogen) atoms. The lowest BCUT2D eigenvalue weighted by Crippen LogP contribution is -2.17. The second kappa shape index (κ2) is 5.95. The maximum atomic E-state index is 12.1. The number of aliphatic hydroxyl groups is 1. The molecule has 2 aromatic heterocycles. The second-order valence-electron chi connectivity index (χ2n) is 6.99. The van der Waals surface area contributed by atoms with E-state index in [0.29, 0.717) is 17.5 Å². The van der Waals surface area contributed by atoms with Gasteiger partial charge in [0.15, 0.2) is 0 Å². The van der Waals surface area contributed by atoms with E-state index in [2.05, 4.69) is 25.8 Å². The Bertz CT molecular complexity index is 935. The van der Waals surface area contributed by atoms with Crippen LogP contribution >= 0.6 is 0 Å². The summed E-state index contributed by atoms with van der Waals surface area (Å²) in [5.74, 6) is 0.316. The highest BCUT2D eigenvalue weighted by atomic mass is 16.3. The Morgan fingerprint density at radius 3 is 2.72 bits per heavy atom. The van der Waals surface area contributed by atoms with Gasteiger partial charge in [0.1, 0.15) is 17.2 Å². The molecular formula is C19H24N4O2. The van der Waals surface area contributed by atoms with Crippen LogP contribution in [0.3, 0.4) is 0 Å². The zero-order valence-electron chi connectivity index (χ0n) is 15.0. The first-order valence-corrected chi connectivity index (χ1v) is 8.44. The molecule has 5 N–H and O–H groups in total. The molecule has 0 aliphatic heterocycles. The summed E-state index contributed by atoms with van der Waals surface area (Å²) in [4.78, 5) is 16.6. The van der Waals surface area contributed by atoms with Crippen LogP contribution in [0, 0.1) is 5.92 Å². The number of primary amides is 1. The van der Waals surface area contributed by atoms with Crippen LogP contribution in [0.15, 0.2) is 29.7 Å². The average molecular weight is 340 g/mol. The molecule has 0 bridgehead atoms. The lowest BCUT2D eigenvalue weighted by atomic mass is 9.93. The quantitative estimate of drug-likeness (QED) is 0.794. The van der Waals surface area contributed by atoms with Gasteiger partial charge in [-0.25, -0.2) is 4.98 Å². The first-order chi connectivity index (χ1) is 11.7. The van der Waals surface area contributed by atoms with Crippen molar-refractivity contribution in [3.05, 3.63) is 40.8 Å². The van der Waals surface area contributed by atoms with Gasteiger partial charge in [0.25, 0.3) is 5.91 Å². The molecule has 0 radical (unpaired) electrons. The first-order valence-electron chi connectivity index (χ1n) is 8.44. The van der Waals surface area contributed by atoms with Crippen LogP contribution in [0.25, 0.3) is 16.7 Å². The van der Waals surface area contributed by atoms with Crippen LogP contribution in [-0.2, 0) is 0 Å². The number of carbonyl (C=O) groups is 1. The van der Waals surface area contributed by atoms with E-state index in [-0.39, 0.29) is 29.0 Å². The van der Waals surface area contributed by atoms with Crippen molar-refractivity contribution in [2.45, 2.75) is 40.0 Å². The van der Waals surface area contributed by atoms with Crippen molar-refractivity contribution in [2.75, 3.05) is 5.73 Å². The molecule has 2 heterocycles. The van der Waals surface area contributed by atoms with Crippen molar-refractivity contribution >= 4 is 28.5 Å². The number of nitrogen functional groups attached to an aromatic ring is 1. The number of aromatic nitrogens is 2. The molecule has 1 atom stereocenters. The van der Waals surface area contributed by atoms with E-state index >= 15 is 0 Å². The molecule has 0 fully saturated rings. The van der Waals surface area contributed by atoms with E-state index < -0.39 is 5.91 Å². The summed E-state index contributed by atoms with van der Waals surface area (Å²) in [6, 6.07) is 1.93. The van der Waals surface area contributed by atoms with Gasteiger partial charge in [-0.3, -0.25) is 9.36 Å². The number of hydrogen-bond acceptors (Lipinski definition) is 4. The van der Waals surface area contributed by atoms with E-state index in [1.807, 2.05) is 13.0 Å². The number of allylic oxidation sites excluding steroid dienone is 3. The van der Waals surface area contributed by atoms with Crippen molar-refractivity contribution in [3.63, 3.8) is 0 Å². The van der Waals surface area contributed by atoms with Gasteiger partial charge in [-0.15, -0.1) is 0 Å². The summed E-state index contributed by atoms with van der Waals surface area (Å²) in [6.07, 6.45) is 4.28. The predicted octanol–water partition coefficient (Wildman–Crippen LogP) is 3.55. The van der Waals surface area contributed by atoms with Gasteiger partial charge in [-0.05, 0) is 37.0 Å². The summed E-state index contributed by atoms with van der Waals surface area (Å²) >= 11 is 0. The van der Waals surface area contributed by atoms with Gasteiger partial charge in [0, 0.05) is 28.8 Å². The monoisotopic (exact) mass is 340 g/mol. The summed E-state index contributed by atoms with van der Waals surface area (Å²) < 4.78 is 1.77. The van der Waals surface area contributed by atoms with E-state index in [0.717, 1.165) is 16.8 Å². The number of rotatable bonds is 3. The molecule has 3 rings (SSSR count). The number of pyridine rings is 1. The molecule has 0 aromatic carbocycles. The maximum absolute atomic E-state index is 12.1. The molecule has 1 aliphatic rings. The normalized spacial score (nSPS) is 18.1. The summed E-state index contributed by atoms with van der Waals surface area (Å²) in [6.45, 7) is 8.02. The third-order valence-electron chi connectivity index (χ3n) is 4.92. The molecule has 2 aromatic rings. The Morgan fingerprint density at radius 2 is 2.12 bits per heavy atom. The third kappa shape index (κ3) is 2.58. The number of anilines is 1. The summed E-state index contributed by atoms with van der Waals surface area (Å²) in [5.41, 5.74) is 15.4. The minimum atomic E-state index is -0.578. The Morgan fingerprint density at radius 1 is 1.44 bits per heavy atom. The molecule has 132 valence electrons. The van der Waals surface area contributed by atoms with Crippen molar-refractivity contribution in [1.29, 1.82) is 0 Å². The van der Waals surface area contributed by atoms with Gasteiger partial charge >= 0.3 is 0 Å². The third-order valence-corrected chi connectivity index (χ3v) is 4.92. The largest absolute Gasteiger partial charge is 0.508 e.